The summed E-state index contributed by atoms with van der Waals surface area (Å²) in [5.41, 5.74) is 0. The molecule has 0 bridgehead atoms. The summed E-state index contributed by atoms with van der Waals surface area (Å²) in [7, 11) is 0. The Morgan fingerprint density at radius 2 is 2.42 bits per heavy atom. The van der Waals surface area contributed by atoms with Gasteiger partial charge in [0.15, 0.2) is 0 Å². The number of aromatic nitrogens is 3. The smallest absolute Gasteiger partial charge is 0.148 e. The number of nitrogens with zero attached hydrogens (tertiary/aromatic N) is 3. The predicted octanol–water partition coefficient (Wildman–Crippen LogP) is 1.04. The van der Waals surface area contributed by atoms with E-state index < -0.39 is 0 Å². The van der Waals surface area contributed by atoms with Crippen LogP contribution in [-0.4, -0.2) is 33.2 Å². The quantitative estimate of drug-likeness (QED) is 0.693. The first kappa shape index (κ1) is 9.25. The van der Waals surface area contributed by atoms with E-state index in [-0.39, 0.29) is 0 Å². The molecule has 0 saturated carbocycles. The van der Waals surface area contributed by atoms with Crippen molar-refractivity contribution < 1.29 is 0 Å². The highest BCUT2D eigenvalue weighted by atomic mass is 32.2. The second kappa shape index (κ2) is 5.77. The number of thioether (sulfide) groups is 1. The molecule has 5 heteroatoms. The van der Waals surface area contributed by atoms with Crippen LogP contribution >= 0.6 is 11.8 Å². The fraction of sp³-hybridized carbons (Fsp3) is 0.571. The molecule has 66 valence electrons. The Balaban J connectivity index is 2.16. The van der Waals surface area contributed by atoms with E-state index in [9.17, 15) is 0 Å². The largest absolute Gasteiger partial charge is 0.368 e. The first-order valence-electron chi connectivity index (χ1n) is 3.87. The first-order valence-corrected chi connectivity index (χ1v) is 5.03. The van der Waals surface area contributed by atoms with Gasteiger partial charge in [-0.2, -0.15) is 16.9 Å². The van der Waals surface area contributed by atoms with Crippen LogP contribution in [0.15, 0.2) is 12.5 Å². The Morgan fingerprint density at radius 1 is 1.50 bits per heavy atom. The van der Waals surface area contributed by atoms with Gasteiger partial charge >= 0.3 is 0 Å². The van der Waals surface area contributed by atoms with Crippen LogP contribution in [0.4, 0.5) is 5.82 Å². The molecule has 0 aliphatic heterocycles. The molecular weight excluding hydrogens is 172 g/mol. The lowest BCUT2D eigenvalue weighted by Gasteiger charge is -2.02. The van der Waals surface area contributed by atoms with E-state index in [1.807, 2.05) is 11.8 Å². The maximum atomic E-state index is 3.98. The van der Waals surface area contributed by atoms with Gasteiger partial charge in [0.25, 0.3) is 0 Å². The fourth-order valence-corrected chi connectivity index (χ4v) is 1.26. The highest BCUT2D eigenvalue weighted by Gasteiger charge is 1.90. The topological polar surface area (TPSA) is 50.7 Å². The summed E-state index contributed by atoms with van der Waals surface area (Å²) >= 11 is 1.90. The normalized spacial score (nSPS) is 9.75. The van der Waals surface area contributed by atoms with Crippen molar-refractivity contribution >= 4 is 17.6 Å². The minimum absolute atomic E-state index is 0.793. The van der Waals surface area contributed by atoms with Crippen LogP contribution in [0.1, 0.15) is 6.92 Å². The molecule has 0 unspecified atom stereocenters. The zero-order chi connectivity index (χ0) is 8.65. The molecule has 12 heavy (non-hydrogen) atoms. The highest BCUT2D eigenvalue weighted by Crippen LogP contribution is 1.99. The van der Waals surface area contributed by atoms with Gasteiger partial charge in [-0.15, -0.1) is 5.10 Å². The van der Waals surface area contributed by atoms with Gasteiger partial charge in [0.1, 0.15) is 12.1 Å². The van der Waals surface area contributed by atoms with E-state index >= 15 is 0 Å². The van der Waals surface area contributed by atoms with E-state index in [0.717, 1.165) is 23.9 Å². The molecule has 1 N–H and O–H groups in total. The van der Waals surface area contributed by atoms with Gasteiger partial charge in [-0.25, -0.2) is 4.98 Å². The minimum Gasteiger partial charge on any atom is -0.368 e. The van der Waals surface area contributed by atoms with Crippen molar-refractivity contribution in [1.29, 1.82) is 0 Å². The summed E-state index contributed by atoms with van der Waals surface area (Å²) < 4.78 is 0. The van der Waals surface area contributed by atoms with Crippen LogP contribution in [0.2, 0.25) is 0 Å². The van der Waals surface area contributed by atoms with Gasteiger partial charge in [-0.05, 0) is 5.75 Å². The molecule has 0 amide bonds. The summed E-state index contributed by atoms with van der Waals surface area (Å²) in [6.45, 7) is 3.08. The minimum atomic E-state index is 0.793. The van der Waals surface area contributed by atoms with Gasteiger partial charge in [0.2, 0.25) is 0 Å². The van der Waals surface area contributed by atoms with Crippen LogP contribution in [0.25, 0.3) is 0 Å². The zero-order valence-corrected chi connectivity index (χ0v) is 7.84. The van der Waals surface area contributed by atoms with Crippen LogP contribution in [-0.2, 0) is 0 Å². The summed E-state index contributed by atoms with van der Waals surface area (Å²) in [4.78, 5) is 3.98. The third kappa shape index (κ3) is 3.52. The van der Waals surface area contributed by atoms with Gasteiger partial charge in [0, 0.05) is 12.3 Å². The van der Waals surface area contributed by atoms with E-state index in [0.29, 0.717) is 0 Å². The van der Waals surface area contributed by atoms with E-state index in [1.165, 1.54) is 6.33 Å². The van der Waals surface area contributed by atoms with Crippen molar-refractivity contribution in [1.82, 2.24) is 15.2 Å². The SMILES string of the molecule is CCSCCNc1cnncn1. The molecule has 1 rings (SSSR count). The number of nitrogens with one attached hydrogen (secondary N) is 1. The monoisotopic (exact) mass is 184 g/mol. The summed E-state index contributed by atoms with van der Waals surface area (Å²) in [6, 6.07) is 0. The molecular formula is C7H12N4S. The van der Waals surface area contributed by atoms with Crippen LogP contribution in [0, 0.1) is 0 Å². The third-order valence-electron chi connectivity index (χ3n) is 1.25. The average Bonchev–Trinajstić information content (AvgIpc) is 2.14. The maximum Gasteiger partial charge on any atom is 0.148 e. The highest BCUT2D eigenvalue weighted by molar-refractivity contribution is 7.99. The molecule has 4 nitrogen and oxygen atoms in total. The number of hydrogen-bond donors (Lipinski definition) is 1. The standard InChI is InChI=1S/C7H12N4S/c1-2-12-4-3-8-7-5-10-11-6-9-7/h5-6H,2-4H2,1H3,(H,8,9,11). The predicted molar refractivity (Wildman–Crippen MR) is 51.3 cm³/mol. The maximum absolute atomic E-state index is 3.98. The van der Waals surface area contributed by atoms with Gasteiger partial charge < -0.3 is 5.32 Å². The second-order valence-electron chi connectivity index (χ2n) is 2.11. The summed E-state index contributed by atoms with van der Waals surface area (Å²) in [6.07, 6.45) is 3.06. The summed E-state index contributed by atoms with van der Waals surface area (Å²) in [5, 5.41) is 10.4. The Labute approximate surface area is 76.2 Å². The van der Waals surface area contributed by atoms with E-state index in [4.69, 9.17) is 0 Å². The van der Waals surface area contributed by atoms with Crippen LogP contribution in [0.5, 0.6) is 0 Å². The molecule has 0 fully saturated rings. The molecule has 0 aromatic carbocycles. The third-order valence-corrected chi connectivity index (χ3v) is 2.15. The molecule has 1 aromatic rings. The number of hydrogen-bond acceptors (Lipinski definition) is 5. The average molecular weight is 184 g/mol. The summed E-state index contributed by atoms with van der Waals surface area (Å²) in [5.74, 6) is 3.05. The van der Waals surface area contributed by atoms with E-state index in [1.54, 1.807) is 6.20 Å². The molecule has 0 spiro atoms. The zero-order valence-electron chi connectivity index (χ0n) is 7.03. The van der Waals surface area contributed by atoms with Crippen molar-refractivity contribution in [2.75, 3.05) is 23.4 Å². The first-order chi connectivity index (χ1) is 5.93. The molecule has 1 aromatic heterocycles. The van der Waals surface area contributed by atoms with Crippen molar-refractivity contribution in [2.45, 2.75) is 6.92 Å². The lowest BCUT2D eigenvalue weighted by molar-refractivity contribution is 0.963. The Kier molecular flexibility index (Phi) is 4.44. The van der Waals surface area contributed by atoms with Crippen molar-refractivity contribution in [3.05, 3.63) is 12.5 Å². The van der Waals surface area contributed by atoms with Crippen molar-refractivity contribution in [2.24, 2.45) is 0 Å². The van der Waals surface area contributed by atoms with Gasteiger partial charge in [0.05, 0.1) is 6.20 Å². The number of rotatable bonds is 5. The lowest BCUT2D eigenvalue weighted by Crippen LogP contribution is -2.06. The Bertz CT molecular complexity index is 204. The van der Waals surface area contributed by atoms with Gasteiger partial charge in [-0.3, -0.25) is 0 Å². The molecule has 0 saturated heterocycles. The molecule has 0 aliphatic carbocycles. The van der Waals surface area contributed by atoms with Crippen LogP contribution < -0.4 is 5.32 Å². The fourth-order valence-electron chi connectivity index (χ4n) is 0.726. The lowest BCUT2D eigenvalue weighted by atomic mass is 10.6. The van der Waals surface area contributed by atoms with E-state index in [2.05, 4.69) is 27.4 Å². The Hall–Kier alpha value is -0.840. The Morgan fingerprint density at radius 3 is 3.08 bits per heavy atom. The number of anilines is 1. The molecule has 0 aliphatic rings. The molecule has 0 atom stereocenters. The molecule has 0 radical (unpaired) electrons. The second-order valence-corrected chi connectivity index (χ2v) is 3.51. The van der Waals surface area contributed by atoms with Gasteiger partial charge in [-0.1, -0.05) is 6.92 Å². The van der Waals surface area contributed by atoms with Crippen LogP contribution in [0.3, 0.4) is 0 Å². The van der Waals surface area contributed by atoms with Crippen molar-refractivity contribution in [3.8, 4) is 0 Å². The molecule has 1 heterocycles. The van der Waals surface area contributed by atoms with Crippen molar-refractivity contribution in [3.63, 3.8) is 0 Å².